The molecule has 1 aromatic heterocycles. The van der Waals surface area contributed by atoms with Gasteiger partial charge in [0.05, 0.1) is 12.3 Å². The predicted molar refractivity (Wildman–Crippen MR) is 61.0 cm³/mol. The van der Waals surface area contributed by atoms with Crippen LogP contribution in [-0.2, 0) is 11.3 Å². The van der Waals surface area contributed by atoms with E-state index >= 15 is 0 Å². The van der Waals surface area contributed by atoms with E-state index in [-0.39, 0.29) is 0 Å². The number of likely N-dealkylation sites (N-methyl/N-ethyl adjacent to an activating group) is 1. The monoisotopic (exact) mass is 230 g/mol. The average Bonchev–Trinajstić information content (AvgIpc) is 2.70. The molecule has 0 aliphatic carbocycles. The summed E-state index contributed by atoms with van der Waals surface area (Å²) >= 11 is 1.40. The molecule has 0 amide bonds. The van der Waals surface area contributed by atoms with Crippen molar-refractivity contribution >= 4 is 11.5 Å². The molecule has 1 aromatic rings. The van der Waals surface area contributed by atoms with Crippen LogP contribution in [0.4, 0.5) is 0 Å². The third-order valence-corrected chi connectivity index (χ3v) is 2.54. The second-order valence-electron chi connectivity index (χ2n) is 3.38. The molecule has 0 unspecified atom stereocenters. The van der Waals surface area contributed by atoms with E-state index in [1.165, 1.54) is 11.5 Å². The van der Waals surface area contributed by atoms with E-state index in [2.05, 4.69) is 26.9 Å². The summed E-state index contributed by atoms with van der Waals surface area (Å²) in [6.07, 6.45) is 0. The van der Waals surface area contributed by atoms with Crippen LogP contribution in [0.3, 0.4) is 0 Å². The summed E-state index contributed by atoms with van der Waals surface area (Å²) in [7, 11) is 3.79. The third kappa shape index (κ3) is 5.78. The molecule has 0 aromatic carbocycles. The van der Waals surface area contributed by atoms with Crippen LogP contribution in [0, 0.1) is 0 Å². The summed E-state index contributed by atoms with van der Waals surface area (Å²) in [4.78, 5) is 2.22. The maximum absolute atomic E-state index is 4.94. The lowest BCUT2D eigenvalue weighted by molar-refractivity contribution is 0.197. The van der Waals surface area contributed by atoms with Gasteiger partial charge in [-0.15, -0.1) is 5.10 Å². The molecule has 0 spiro atoms. The number of nitrogens with one attached hydrogen (secondary N) is 1. The molecule has 1 rings (SSSR count). The number of methoxy groups -OCH3 is 1. The molecule has 0 saturated heterocycles. The number of ether oxygens (including phenoxy) is 1. The molecule has 0 aliphatic heterocycles. The summed E-state index contributed by atoms with van der Waals surface area (Å²) in [6, 6.07) is 0. The minimum Gasteiger partial charge on any atom is -0.383 e. The molecule has 1 N–H and O–H groups in total. The van der Waals surface area contributed by atoms with Gasteiger partial charge in [-0.05, 0) is 18.6 Å². The first-order valence-electron chi connectivity index (χ1n) is 4.97. The Morgan fingerprint density at radius 1 is 1.53 bits per heavy atom. The summed E-state index contributed by atoms with van der Waals surface area (Å²) in [6.45, 7) is 4.50. The van der Waals surface area contributed by atoms with Crippen LogP contribution in [0.15, 0.2) is 5.38 Å². The Hall–Kier alpha value is -0.560. The van der Waals surface area contributed by atoms with Crippen molar-refractivity contribution in [3.8, 4) is 0 Å². The lowest BCUT2D eigenvalue weighted by Gasteiger charge is -2.15. The summed E-state index contributed by atoms with van der Waals surface area (Å²) in [5, 5.41) is 9.28. The van der Waals surface area contributed by atoms with Gasteiger partial charge in [0.25, 0.3) is 0 Å². The molecule has 6 heteroatoms. The first-order chi connectivity index (χ1) is 7.33. The van der Waals surface area contributed by atoms with Gasteiger partial charge in [0.2, 0.25) is 0 Å². The summed E-state index contributed by atoms with van der Waals surface area (Å²) in [5.74, 6) is 0. The van der Waals surface area contributed by atoms with Crippen LogP contribution in [-0.4, -0.2) is 54.9 Å². The summed E-state index contributed by atoms with van der Waals surface area (Å²) in [5.41, 5.74) is 1.04. The van der Waals surface area contributed by atoms with Crippen molar-refractivity contribution in [2.24, 2.45) is 0 Å². The van der Waals surface area contributed by atoms with E-state index in [4.69, 9.17) is 4.74 Å². The van der Waals surface area contributed by atoms with E-state index in [0.717, 1.165) is 38.5 Å². The van der Waals surface area contributed by atoms with E-state index in [1.807, 2.05) is 5.38 Å². The Morgan fingerprint density at radius 2 is 2.40 bits per heavy atom. The zero-order valence-electron chi connectivity index (χ0n) is 9.27. The van der Waals surface area contributed by atoms with Crippen LogP contribution in [0.5, 0.6) is 0 Å². The molecular formula is C9H18N4OS. The van der Waals surface area contributed by atoms with Gasteiger partial charge in [-0.3, -0.25) is 4.90 Å². The first-order valence-corrected chi connectivity index (χ1v) is 5.80. The molecule has 0 atom stereocenters. The largest absolute Gasteiger partial charge is 0.383 e. The Morgan fingerprint density at radius 3 is 3.07 bits per heavy atom. The van der Waals surface area contributed by atoms with Crippen LogP contribution in [0.2, 0.25) is 0 Å². The predicted octanol–water partition coefficient (Wildman–Crippen LogP) is 0.206. The Labute approximate surface area is 94.6 Å². The maximum atomic E-state index is 4.94. The molecular weight excluding hydrogens is 212 g/mol. The van der Waals surface area contributed by atoms with E-state index in [1.54, 1.807) is 7.11 Å². The Balaban J connectivity index is 2.01. The number of rotatable bonds is 8. The smallest absolute Gasteiger partial charge is 0.0895 e. The SMILES string of the molecule is COCCNCCN(C)Cc1csnn1. The molecule has 1 heterocycles. The average molecular weight is 230 g/mol. The van der Waals surface area contributed by atoms with Crippen molar-refractivity contribution in [3.63, 3.8) is 0 Å². The number of hydrogen-bond donors (Lipinski definition) is 1. The van der Waals surface area contributed by atoms with E-state index in [0.29, 0.717) is 0 Å². The summed E-state index contributed by atoms with van der Waals surface area (Å²) < 4.78 is 8.77. The van der Waals surface area contributed by atoms with Gasteiger partial charge in [0.15, 0.2) is 0 Å². The number of aromatic nitrogens is 2. The van der Waals surface area contributed by atoms with Gasteiger partial charge >= 0.3 is 0 Å². The fourth-order valence-electron chi connectivity index (χ4n) is 1.18. The van der Waals surface area contributed by atoms with Crippen LogP contribution in [0.1, 0.15) is 5.69 Å². The quantitative estimate of drug-likeness (QED) is 0.647. The highest BCUT2D eigenvalue weighted by atomic mass is 32.1. The second kappa shape index (κ2) is 7.70. The van der Waals surface area contributed by atoms with Gasteiger partial charge in [-0.2, -0.15) is 0 Å². The van der Waals surface area contributed by atoms with Crippen LogP contribution in [0.25, 0.3) is 0 Å². The lowest BCUT2D eigenvalue weighted by Crippen LogP contribution is -2.30. The fraction of sp³-hybridized carbons (Fsp3) is 0.778. The van der Waals surface area contributed by atoms with Gasteiger partial charge in [0.1, 0.15) is 0 Å². The molecule has 0 aliphatic rings. The van der Waals surface area contributed by atoms with E-state index in [9.17, 15) is 0 Å². The highest BCUT2D eigenvalue weighted by molar-refractivity contribution is 7.03. The van der Waals surface area contributed by atoms with Crippen molar-refractivity contribution in [2.75, 3.05) is 40.4 Å². The highest BCUT2D eigenvalue weighted by Gasteiger charge is 2.01. The number of nitrogens with zero attached hydrogens (tertiary/aromatic N) is 3. The molecule has 0 fully saturated rings. The maximum Gasteiger partial charge on any atom is 0.0895 e. The standard InChI is InChI=1S/C9H18N4OS/c1-13(5-3-10-4-6-14-2)7-9-8-15-12-11-9/h8,10H,3-7H2,1-2H3. The second-order valence-corrected chi connectivity index (χ2v) is 3.99. The minimum absolute atomic E-state index is 0.764. The van der Waals surface area contributed by atoms with Crippen molar-refractivity contribution in [3.05, 3.63) is 11.1 Å². The topological polar surface area (TPSA) is 50.3 Å². The first kappa shape index (κ1) is 12.5. The molecule has 0 radical (unpaired) electrons. The van der Waals surface area contributed by atoms with E-state index < -0.39 is 0 Å². The Bertz CT molecular complexity index is 242. The Kier molecular flexibility index (Phi) is 6.42. The normalized spacial score (nSPS) is 11.1. The van der Waals surface area contributed by atoms with Gasteiger partial charge in [-0.25, -0.2) is 0 Å². The molecule has 0 saturated carbocycles. The fourth-order valence-corrected chi connectivity index (χ4v) is 1.62. The van der Waals surface area contributed by atoms with Gasteiger partial charge in [0, 0.05) is 38.7 Å². The molecule has 86 valence electrons. The van der Waals surface area contributed by atoms with Crippen molar-refractivity contribution < 1.29 is 4.74 Å². The lowest BCUT2D eigenvalue weighted by atomic mass is 10.4. The van der Waals surface area contributed by atoms with Crippen LogP contribution >= 0.6 is 11.5 Å². The zero-order valence-corrected chi connectivity index (χ0v) is 10.1. The zero-order chi connectivity index (χ0) is 10.9. The highest BCUT2D eigenvalue weighted by Crippen LogP contribution is 2.00. The minimum atomic E-state index is 0.764. The van der Waals surface area contributed by atoms with Crippen molar-refractivity contribution in [1.82, 2.24) is 19.8 Å². The number of hydrogen-bond acceptors (Lipinski definition) is 6. The molecule has 0 bridgehead atoms. The van der Waals surface area contributed by atoms with Crippen molar-refractivity contribution in [1.29, 1.82) is 0 Å². The molecule has 5 nitrogen and oxygen atoms in total. The van der Waals surface area contributed by atoms with Gasteiger partial charge < -0.3 is 10.1 Å². The van der Waals surface area contributed by atoms with Crippen LogP contribution < -0.4 is 5.32 Å². The van der Waals surface area contributed by atoms with Gasteiger partial charge in [-0.1, -0.05) is 4.49 Å². The molecule has 15 heavy (non-hydrogen) atoms. The third-order valence-electron chi connectivity index (χ3n) is 1.99. The van der Waals surface area contributed by atoms with Crippen molar-refractivity contribution in [2.45, 2.75) is 6.54 Å².